The molecule has 0 spiro atoms. The van der Waals surface area contributed by atoms with Gasteiger partial charge >= 0.3 is 5.97 Å². The number of carbonyl (C=O) groups is 1. The van der Waals surface area contributed by atoms with Crippen LogP contribution in [0.3, 0.4) is 0 Å². The zero-order valence-corrected chi connectivity index (χ0v) is 19.3. The molecule has 1 aromatic carbocycles. The summed E-state index contributed by atoms with van der Waals surface area (Å²) in [6.07, 6.45) is 8.37. The number of unbranched alkanes of at least 4 members (excludes halogenated alkanes) is 4. The zero-order valence-electron chi connectivity index (χ0n) is 19.3. The molecular formula is C25H35NO6. The van der Waals surface area contributed by atoms with Crippen LogP contribution in [0.1, 0.15) is 82.5 Å². The summed E-state index contributed by atoms with van der Waals surface area (Å²) in [7, 11) is 0. The summed E-state index contributed by atoms with van der Waals surface area (Å²) in [5, 5.41) is 20.7. The van der Waals surface area contributed by atoms with Crippen molar-refractivity contribution in [2.75, 3.05) is 0 Å². The minimum atomic E-state index is -1.20. The van der Waals surface area contributed by atoms with E-state index in [1.54, 1.807) is 13.8 Å². The second-order valence-corrected chi connectivity index (χ2v) is 8.11. The third-order valence-corrected chi connectivity index (χ3v) is 4.68. The van der Waals surface area contributed by atoms with Crippen molar-refractivity contribution in [3.05, 3.63) is 52.6 Å². The Morgan fingerprint density at radius 1 is 1.22 bits per heavy atom. The van der Waals surface area contributed by atoms with Gasteiger partial charge in [-0.15, -0.1) is 0 Å². The van der Waals surface area contributed by atoms with Crippen molar-refractivity contribution in [2.45, 2.75) is 90.1 Å². The average molecular weight is 446 g/mol. The van der Waals surface area contributed by atoms with Gasteiger partial charge in [-0.2, -0.15) is 0 Å². The Hall–Kier alpha value is -2.69. The Bertz CT molecular complexity index is 785. The van der Waals surface area contributed by atoms with Crippen LogP contribution >= 0.6 is 0 Å². The van der Waals surface area contributed by atoms with Gasteiger partial charge in [0.05, 0.1) is 16.6 Å². The first-order valence-corrected chi connectivity index (χ1v) is 11.1. The number of nitro benzene ring substituents is 1. The number of non-ortho nitro benzene ring substituents is 1. The number of benzene rings is 1. The van der Waals surface area contributed by atoms with Crippen LogP contribution in [-0.2, 0) is 9.47 Å². The third kappa shape index (κ3) is 11.6. The summed E-state index contributed by atoms with van der Waals surface area (Å²) < 4.78 is 11.1. The molecule has 0 aliphatic heterocycles. The van der Waals surface area contributed by atoms with Crippen LogP contribution in [0.2, 0.25) is 0 Å². The molecule has 176 valence electrons. The highest BCUT2D eigenvalue weighted by Crippen LogP contribution is 2.19. The van der Waals surface area contributed by atoms with Crippen molar-refractivity contribution in [3.63, 3.8) is 0 Å². The van der Waals surface area contributed by atoms with Crippen LogP contribution in [0.5, 0.6) is 0 Å². The SMILES string of the molecule is C=CC(C#CCCC(CCCCCCC)OC(C)(C)O)OC(=O)c1ccc([N+](=O)[O-])cc1. The summed E-state index contributed by atoms with van der Waals surface area (Å²) in [4.78, 5) is 22.4. The van der Waals surface area contributed by atoms with Crippen LogP contribution in [0.4, 0.5) is 5.69 Å². The van der Waals surface area contributed by atoms with E-state index in [0.717, 1.165) is 19.3 Å². The van der Waals surface area contributed by atoms with Gasteiger partial charge in [-0.1, -0.05) is 57.4 Å². The molecule has 0 saturated heterocycles. The van der Waals surface area contributed by atoms with Gasteiger partial charge in [0.2, 0.25) is 0 Å². The number of aliphatic hydroxyl groups is 1. The lowest BCUT2D eigenvalue weighted by atomic mass is 10.0. The molecule has 0 aliphatic carbocycles. The summed E-state index contributed by atoms with van der Waals surface area (Å²) in [6, 6.07) is 5.17. The second-order valence-electron chi connectivity index (χ2n) is 8.11. The van der Waals surface area contributed by atoms with E-state index < -0.39 is 22.8 Å². The molecule has 0 bridgehead atoms. The number of nitrogens with zero attached hydrogens (tertiary/aromatic N) is 1. The van der Waals surface area contributed by atoms with Crippen LogP contribution in [-0.4, -0.2) is 34.0 Å². The predicted octanol–water partition coefficient (Wildman–Crippen LogP) is 5.56. The number of rotatable bonds is 14. The van der Waals surface area contributed by atoms with Gasteiger partial charge in [0.1, 0.15) is 0 Å². The molecule has 0 fully saturated rings. The fourth-order valence-electron chi connectivity index (χ4n) is 3.09. The van der Waals surface area contributed by atoms with E-state index in [0.29, 0.717) is 12.8 Å². The first-order valence-electron chi connectivity index (χ1n) is 11.1. The van der Waals surface area contributed by atoms with Crippen molar-refractivity contribution in [2.24, 2.45) is 0 Å². The quantitative estimate of drug-likeness (QED) is 0.0765. The molecule has 0 heterocycles. The smallest absolute Gasteiger partial charge is 0.339 e. The number of esters is 1. The van der Waals surface area contributed by atoms with E-state index in [2.05, 4.69) is 25.3 Å². The molecule has 7 heteroatoms. The summed E-state index contributed by atoms with van der Waals surface area (Å²) in [6.45, 7) is 9.06. The van der Waals surface area contributed by atoms with Crippen LogP contribution in [0.25, 0.3) is 0 Å². The first-order chi connectivity index (χ1) is 15.2. The topological polar surface area (TPSA) is 98.9 Å². The Balaban J connectivity index is 2.58. The van der Waals surface area contributed by atoms with Crippen LogP contribution < -0.4 is 0 Å². The van der Waals surface area contributed by atoms with Gasteiger partial charge in [0.25, 0.3) is 5.69 Å². The Morgan fingerprint density at radius 2 is 1.88 bits per heavy atom. The minimum absolute atomic E-state index is 0.101. The first kappa shape index (κ1) is 27.3. The van der Waals surface area contributed by atoms with Gasteiger partial charge in [0, 0.05) is 18.6 Å². The molecule has 7 nitrogen and oxygen atoms in total. The minimum Gasteiger partial charge on any atom is -0.441 e. The normalized spacial score (nSPS) is 12.9. The van der Waals surface area contributed by atoms with Gasteiger partial charge in [-0.05, 0) is 44.9 Å². The fourth-order valence-corrected chi connectivity index (χ4v) is 3.09. The molecule has 0 amide bonds. The number of hydrogen-bond acceptors (Lipinski definition) is 6. The average Bonchev–Trinajstić information content (AvgIpc) is 2.74. The molecule has 1 rings (SSSR count). The van der Waals surface area contributed by atoms with E-state index in [-0.39, 0.29) is 17.4 Å². The zero-order chi connectivity index (χ0) is 24.0. The Labute approximate surface area is 191 Å². The van der Waals surface area contributed by atoms with E-state index in [1.165, 1.54) is 49.6 Å². The van der Waals surface area contributed by atoms with Crippen molar-refractivity contribution in [1.29, 1.82) is 0 Å². The molecule has 0 aromatic heterocycles. The molecule has 1 N–H and O–H groups in total. The number of hydrogen-bond donors (Lipinski definition) is 1. The second kappa shape index (κ2) is 14.4. The van der Waals surface area contributed by atoms with Gasteiger partial charge < -0.3 is 14.6 Å². The maximum Gasteiger partial charge on any atom is 0.339 e. The molecule has 2 unspecified atom stereocenters. The Kier molecular flexibility index (Phi) is 12.3. The largest absolute Gasteiger partial charge is 0.441 e. The van der Waals surface area contributed by atoms with Crippen molar-refractivity contribution < 1.29 is 24.3 Å². The highest BCUT2D eigenvalue weighted by atomic mass is 16.6. The van der Waals surface area contributed by atoms with Gasteiger partial charge in [-0.25, -0.2) is 4.79 Å². The summed E-state index contributed by atoms with van der Waals surface area (Å²) in [5.41, 5.74) is 0.0979. The van der Waals surface area contributed by atoms with Crippen molar-refractivity contribution in [3.8, 4) is 11.8 Å². The summed E-state index contributed by atoms with van der Waals surface area (Å²) in [5.74, 6) is 4.03. The molecule has 32 heavy (non-hydrogen) atoms. The van der Waals surface area contributed by atoms with Gasteiger partial charge in [0.15, 0.2) is 11.9 Å². The lowest BCUT2D eigenvalue weighted by Gasteiger charge is -2.26. The number of nitro groups is 1. The van der Waals surface area contributed by atoms with Gasteiger partial charge in [-0.3, -0.25) is 10.1 Å². The summed E-state index contributed by atoms with van der Waals surface area (Å²) >= 11 is 0. The highest BCUT2D eigenvalue weighted by Gasteiger charge is 2.20. The molecule has 0 aliphatic rings. The third-order valence-electron chi connectivity index (χ3n) is 4.68. The monoisotopic (exact) mass is 445 g/mol. The Morgan fingerprint density at radius 3 is 2.44 bits per heavy atom. The van der Waals surface area contributed by atoms with Crippen molar-refractivity contribution in [1.82, 2.24) is 0 Å². The van der Waals surface area contributed by atoms with Crippen LogP contribution in [0, 0.1) is 22.0 Å². The van der Waals surface area contributed by atoms with Crippen LogP contribution in [0.15, 0.2) is 36.9 Å². The van der Waals surface area contributed by atoms with E-state index in [4.69, 9.17) is 9.47 Å². The maximum absolute atomic E-state index is 12.2. The lowest BCUT2D eigenvalue weighted by Crippen LogP contribution is -2.30. The molecule has 0 radical (unpaired) electrons. The number of ether oxygens (including phenoxy) is 2. The highest BCUT2D eigenvalue weighted by molar-refractivity contribution is 5.90. The molecular weight excluding hydrogens is 410 g/mol. The molecule has 0 saturated carbocycles. The predicted molar refractivity (Wildman–Crippen MR) is 124 cm³/mol. The standard InChI is InChI=1S/C25H35NO6/c1-5-7-8-9-10-14-23(32-25(3,4)28)15-12-11-13-22(6-2)31-24(27)20-16-18-21(19-17-20)26(29)30/h6,16-19,22-23,28H,2,5,7-10,12,14-15H2,1,3-4H3. The number of carbonyl (C=O) groups excluding carboxylic acids is 1. The van der Waals surface area contributed by atoms with E-state index in [1.807, 2.05) is 0 Å². The fraction of sp³-hybridized carbons (Fsp3) is 0.560. The molecule has 2 atom stereocenters. The molecule has 1 aromatic rings. The van der Waals surface area contributed by atoms with E-state index in [9.17, 15) is 20.0 Å². The van der Waals surface area contributed by atoms with Crippen molar-refractivity contribution >= 4 is 11.7 Å². The maximum atomic E-state index is 12.2. The van der Waals surface area contributed by atoms with E-state index >= 15 is 0 Å². The lowest BCUT2D eigenvalue weighted by molar-refractivity contribution is -0.384.